The number of carbonyl (C=O) groups is 1. The van der Waals surface area contributed by atoms with E-state index in [1.807, 2.05) is 0 Å². The zero-order valence-electron chi connectivity index (χ0n) is 9.69. The number of hydrogen-bond acceptors (Lipinski definition) is 3. The lowest BCUT2D eigenvalue weighted by Crippen LogP contribution is -2.24. The first-order valence-electron chi connectivity index (χ1n) is 5.80. The predicted molar refractivity (Wildman–Crippen MR) is 70.5 cm³/mol. The molecule has 96 valence electrons. The van der Waals surface area contributed by atoms with Gasteiger partial charge in [0.25, 0.3) is 11.6 Å². The van der Waals surface area contributed by atoms with Gasteiger partial charge in [0, 0.05) is 18.2 Å². The summed E-state index contributed by atoms with van der Waals surface area (Å²) in [5, 5.41) is 13.5. The Labute approximate surface area is 113 Å². The van der Waals surface area contributed by atoms with Crippen molar-refractivity contribution in [2.75, 3.05) is 6.54 Å². The van der Waals surface area contributed by atoms with E-state index in [0.717, 1.165) is 12.3 Å². The van der Waals surface area contributed by atoms with E-state index in [1.165, 1.54) is 25.0 Å². The van der Waals surface area contributed by atoms with Gasteiger partial charge in [0.2, 0.25) is 0 Å². The minimum atomic E-state index is -0.509. The third kappa shape index (κ3) is 3.29. The van der Waals surface area contributed by atoms with Crippen LogP contribution in [0.2, 0.25) is 0 Å². The van der Waals surface area contributed by atoms with Gasteiger partial charge in [-0.25, -0.2) is 0 Å². The fraction of sp³-hybridized carbons (Fsp3) is 0.417. The Kier molecular flexibility index (Phi) is 3.96. The number of halogens is 1. The first kappa shape index (κ1) is 13.0. The van der Waals surface area contributed by atoms with Gasteiger partial charge in [-0.3, -0.25) is 14.9 Å². The van der Waals surface area contributed by atoms with Gasteiger partial charge < -0.3 is 5.32 Å². The van der Waals surface area contributed by atoms with Crippen LogP contribution < -0.4 is 5.32 Å². The van der Waals surface area contributed by atoms with Gasteiger partial charge in [0.15, 0.2) is 0 Å². The fourth-order valence-corrected chi connectivity index (χ4v) is 2.08. The van der Waals surface area contributed by atoms with Crippen molar-refractivity contribution in [2.24, 2.45) is 5.92 Å². The predicted octanol–water partition coefficient (Wildman–Crippen LogP) is 2.89. The third-order valence-corrected chi connectivity index (χ3v) is 3.61. The van der Waals surface area contributed by atoms with Gasteiger partial charge in [-0.2, -0.15) is 0 Å². The van der Waals surface area contributed by atoms with Crippen LogP contribution in [0.15, 0.2) is 22.7 Å². The molecule has 2 rings (SSSR count). The molecule has 0 aromatic heterocycles. The summed E-state index contributed by atoms with van der Waals surface area (Å²) in [4.78, 5) is 22.0. The highest BCUT2D eigenvalue weighted by molar-refractivity contribution is 9.10. The zero-order chi connectivity index (χ0) is 13.1. The van der Waals surface area contributed by atoms with E-state index < -0.39 is 4.92 Å². The van der Waals surface area contributed by atoms with Gasteiger partial charge in [-0.1, -0.05) is 12.8 Å². The molecule has 0 radical (unpaired) electrons. The molecule has 0 saturated heterocycles. The lowest BCUT2D eigenvalue weighted by molar-refractivity contribution is -0.385. The molecule has 18 heavy (non-hydrogen) atoms. The number of nitrogens with one attached hydrogen (secondary N) is 1. The van der Waals surface area contributed by atoms with Crippen LogP contribution >= 0.6 is 15.9 Å². The van der Waals surface area contributed by atoms with Gasteiger partial charge in [0.1, 0.15) is 0 Å². The summed E-state index contributed by atoms with van der Waals surface area (Å²) in [5.41, 5.74) is 0.227. The average molecular weight is 313 g/mol. The first-order chi connectivity index (χ1) is 8.58. The Morgan fingerprint density at radius 3 is 2.83 bits per heavy atom. The molecule has 0 aliphatic heterocycles. The molecule has 1 amide bonds. The molecule has 1 aromatic rings. The molecule has 6 heteroatoms. The normalized spacial score (nSPS) is 14.3. The van der Waals surface area contributed by atoms with Crippen LogP contribution in [0.4, 0.5) is 5.69 Å². The molecule has 0 atom stereocenters. The molecule has 0 spiro atoms. The van der Waals surface area contributed by atoms with E-state index in [4.69, 9.17) is 0 Å². The number of nitrogens with zero attached hydrogens (tertiary/aromatic N) is 1. The SMILES string of the molecule is O=C(NCCC1CC1)c1ccc(Br)c([N+](=O)[O-])c1. The number of nitro benzene ring substituents is 1. The van der Waals surface area contributed by atoms with Crippen LogP contribution in [0.1, 0.15) is 29.6 Å². The maximum Gasteiger partial charge on any atom is 0.284 e. The molecule has 1 aromatic carbocycles. The van der Waals surface area contributed by atoms with Crippen LogP contribution in [-0.4, -0.2) is 17.4 Å². The quantitative estimate of drug-likeness (QED) is 0.671. The highest BCUT2D eigenvalue weighted by atomic mass is 79.9. The lowest BCUT2D eigenvalue weighted by Gasteiger charge is -2.05. The summed E-state index contributed by atoms with van der Waals surface area (Å²) >= 11 is 3.09. The summed E-state index contributed by atoms with van der Waals surface area (Å²) < 4.78 is 0.377. The number of nitro groups is 1. The second-order valence-corrected chi connectivity index (χ2v) is 5.27. The number of benzene rings is 1. The highest BCUT2D eigenvalue weighted by Gasteiger charge is 2.21. The molecule has 0 unspecified atom stereocenters. The van der Waals surface area contributed by atoms with Crippen LogP contribution in [0, 0.1) is 16.0 Å². The van der Waals surface area contributed by atoms with E-state index in [2.05, 4.69) is 21.2 Å². The highest BCUT2D eigenvalue weighted by Crippen LogP contribution is 2.31. The van der Waals surface area contributed by atoms with Gasteiger partial charge >= 0.3 is 0 Å². The summed E-state index contributed by atoms with van der Waals surface area (Å²) in [6, 6.07) is 4.38. The van der Waals surface area contributed by atoms with Crippen molar-refractivity contribution in [3.8, 4) is 0 Å². The number of carbonyl (C=O) groups excluding carboxylic acids is 1. The summed E-state index contributed by atoms with van der Waals surface area (Å²) in [5.74, 6) is 0.496. The van der Waals surface area contributed by atoms with Crippen molar-refractivity contribution < 1.29 is 9.72 Å². The lowest BCUT2D eigenvalue weighted by atomic mass is 10.2. The van der Waals surface area contributed by atoms with Crippen molar-refractivity contribution in [3.63, 3.8) is 0 Å². The third-order valence-electron chi connectivity index (χ3n) is 2.94. The maximum absolute atomic E-state index is 11.8. The Morgan fingerprint density at radius 2 is 2.22 bits per heavy atom. The summed E-state index contributed by atoms with van der Waals surface area (Å²) in [6.45, 7) is 0.632. The van der Waals surface area contributed by atoms with Crippen molar-refractivity contribution in [2.45, 2.75) is 19.3 Å². The molecule has 1 N–H and O–H groups in total. The molecule has 5 nitrogen and oxygen atoms in total. The topological polar surface area (TPSA) is 72.2 Å². The van der Waals surface area contributed by atoms with Crippen LogP contribution in [0.5, 0.6) is 0 Å². The zero-order valence-corrected chi connectivity index (χ0v) is 11.3. The van der Waals surface area contributed by atoms with Crippen molar-refractivity contribution in [1.29, 1.82) is 0 Å². The average Bonchev–Trinajstić information content (AvgIpc) is 3.13. The molecule has 0 bridgehead atoms. The number of amides is 1. The van der Waals surface area contributed by atoms with E-state index in [9.17, 15) is 14.9 Å². The second kappa shape index (κ2) is 5.48. The second-order valence-electron chi connectivity index (χ2n) is 4.41. The Bertz CT molecular complexity index is 486. The molecule has 1 saturated carbocycles. The van der Waals surface area contributed by atoms with Gasteiger partial charge in [-0.05, 0) is 40.4 Å². The van der Waals surface area contributed by atoms with Crippen molar-refractivity contribution >= 4 is 27.5 Å². The van der Waals surface area contributed by atoms with Gasteiger partial charge in [-0.15, -0.1) is 0 Å². The molecule has 1 aliphatic carbocycles. The smallest absolute Gasteiger partial charge is 0.284 e. The number of hydrogen-bond donors (Lipinski definition) is 1. The van der Waals surface area contributed by atoms with Gasteiger partial charge in [0.05, 0.1) is 9.40 Å². The van der Waals surface area contributed by atoms with E-state index in [0.29, 0.717) is 16.6 Å². The maximum atomic E-state index is 11.8. The van der Waals surface area contributed by atoms with E-state index in [-0.39, 0.29) is 11.6 Å². The first-order valence-corrected chi connectivity index (χ1v) is 6.59. The molecule has 0 heterocycles. The standard InChI is InChI=1S/C12H13BrN2O3/c13-10-4-3-9(7-11(10)15(17)18)12(16)14-6-5-8-1-2-8/h3-4,7-8H,1-2,5-6H2,(H,14,16). The minimum Gasteiger partial charge on any atom is -0.352 e. The van der Waals surface area contributed by atoms with Crippen LogP contribution in [0.25, 0.3) is 0 Å². The Hall–Kier alpha value is -1.43. The Balaban J connectivity index is 2.00. The largest absolute Gasteiger partial charge is 0.352 e. The molecule has 1 aliphatic rings. The van der Waals surface area contributed by atoms with E-state index >= 15 is 0 Å². The Morgan fingerprint density at radius 1 is 1.50 bits per heavy atom. The molecule has 1 fully saturated rings. The summed E-state index contributed by atoms with van der Waals surface area (Å²) in [7, 11) is 0. The fourth-order valence-electron chi connectivity index (χ4n) is 1.69. The molecular formula is C12H13BrN2O3. The van der Waals surface area contributed by atoms with Crippen molar-refractivity contribution in [1.82, 2.24) is 5.32 Å². The van der Waals surface area contributed by atoms with Crippen LogP contribution in [0.3, 0.4) is 0 Å². The monoisotopic (exact) mass is 312 g/mol. The molecular weight excluding hydrogens is 300 g/mol. The number of rotatable bonds is 5. The summed E-state index contributed by atoms with van der Waals surface area (Å²) in [6.07, 6.45) is 3.49. The minimum absolute atomic E-state index is 0.0927. The van der Waals surface area contributed by atoms with Crippen LogP contribution in [-0.2, 0) is 0 Å². The van der Waals surface area contributed by atoms with Crippen molar-refractivity contribution in [3.05, 3.63) is 38.3 Å². The van der Waals surface area contributed by atoms with E-state index in [1.54, 1.807) is 6.07 Å².